The summed E-state index contributed by atoms with van der Waals surface area (Å²) in [5.74, 6) is -0.861. The number of nitrogen functional groups attached to an aromatic ring is 1. The van der Waals surface area contributed by atoms with Crippen molar-refractivity contribution in [2.75, 3.05) is 13.1 Å². The van der Waals surface area contributed by atoms with Gasteiger partial charge in [-0.25, -0.2) is 4.98 Å². The molecular formula is C31H32N6O4S. The Balaban J connectivity index is 1.19. The van der Waals surface area contributed by atoms with E-state index in [1.807, 2.05) is 42.5 Å². The number of nitrogens with zero attached hydrogens (tertiary/aromatic N) is 4. The molecule has 10 nitrogen and oxygen atoms in total. The van der Waals surface area contributed by atoms with Crippen LogP contribution in [0.3, 0.4) is 0 Å². The van der Waals surface area contributed by atoms with E-state index in [4.69, 9.17) is 11.1 Å². The fourth-order valence-electron chi connectivity index (χ4n) is 6.38. The van der Waals surface area contributed by atoms with Crippen molar-refractivity contribution in [2.45, 2.75) is 56.8 Å². The summed E-state index contributed by atoms with van der Waals surface area (Å²) in [7, 11) is 0. The highest BCUT2D eigenvalue weighted by Gasteiger charge is 2.48. The van der Waals surface area contributed by atoms with Crippen molar-refractivity contribution >= 4 is 40.7 Å². The van der Waals surface area contributed by atoms with Crippen LogP contribution in [-0.4, -0.2) is 80.2 Å². The first-order valence-corrected chi connectivity index (χ1v) is 15.0. The number of carbonyl (C=O) groups excluding carboxylic acids is 4. The summed E-state index contributed by atoms with van der Waals surface area (Å²) in [5, 5.41) is 9.86. The average Bonchev–Trinajstić information content (AvgIpc) is 3.70. The highest BCUT2D eigenvalue weighted by molar-refractivity contribution is 7.11. The number of rotatable bonds is 7. The number of hydrogen-bond acceptors (Lipinski definition) is 7. The summed E-state index contributed by atoms with van der Waals surface area (Å²) in [6, 6.07) is 13.5. The second-order valence-corrected chi connectivity index (χ2v) is 12.0. The number of amides is 3. The number of thiazole rings is 1. The predicted molar refractivity (Wildman–Crippen MR) is 157 cm³/mol. The summed E-state index contributed by atoms with van der Waals surface area (Å²) in [6.45, 7) is 0.564. The Morgan fingerprint density at radius 1 is 1.02 bits per heavy atom. The van der Waals surface area contributed by atoms with Gasteiger partial charge in [-0.05, 0) is 42.0 Å². The Kier molecular flexibility index (Phi) is 7.59. The van der Waals surface area contributed by atoms with Crippen LogP contribution in [0.5, 0.6) is 0 Å². The van der Waals surface area contributed by atoms with Crippen molar-refractivity contribution in [3.8, 4) is 0 Å². The molecular weight excluding hydrogens is 552 g/mol. The fourth-order valence-corrected chi connectivity index (χ4v) is 7.01. The molecule has 0 saturated carbocycles. The summed E-state index contributed by atoms with van der Waals surface area (Å²) in [4.78, 5) is 63.3. The Bertz CT molecular complexity index is 1540. The maximum absolute atomic E-state index is 14.2. The average molecular weight is 585 g/mol. The molecule has 3 atom stereocenters. The molecule has 3 aliphatic rings. The number of nitrogens with two attached hydrogens (primary N) is 1. The largest absolute Gasteiger partial charge is 0.384 e. The van der Waals surface area contributed by atoms with Crippen molar-refractivity contribution in [3.63, 3.8) is 0 Å². The van der Waals surface area contributed by atoms with Crippen LogP contribution >= 0.6 is 11.3 Å². The Labute approximate surface area is 247 Å². The molecule has 216 valence electrons. The molecule has 2 aromatic carbocycles. The van der Waals surface area contributed by atoms with Gasteiger partial charge in [0, 0.05) is 43.1 Å². The van der Waals surface area contributed by atoms with E-state index in [1.54, 1.807) is 32.3 Å². The predicted octanol–water partition coefficient (Wildman–Crippen LogP) is 2.40. The van der Waals surface area contributed by atoms with Crippen molar-refractivity contribution in [1.29, 1.82) is 5.41 Å². The molecule has 0 bridgehead atoms. The number of carbonyl (C=O) groups is 4. The number of Topliss-reactive ketones (excluding diaryl/α,β-unsaturated/α-hetero) is 1. The van der Waals surface area contributed by atoms with E-state index in [9.17, 15) is 19.2 Å². The minimum absolute atomic E-state index is 0.0496. The number of ketones is 1. The van der Waals surface area contributed by atoms with Gasteiger partial charge in [0.05, 0.1) is 12.6 Å². The van der Waals surface area contributed by atoms with E-state index in [0.717, 1.165) is 16.7 Å². The quantitative estimate of drug-likeness (QED) is 0.248. The van der Waals surface area contributed by atoms with Crippen LogP contribution in [0.1, 0.15) is 51.3 Å². The molecule has 0 spiro atoms. The van der Waals surface area contributed by atoms with Gasteiger partial charge in [-0.15, -0.1) is 11.3 Å². The molecule has 1 aromatic heterocycles. The maximum atomic E-state index is 14.2. The molecule has 3 aromatic rings. The normalized spacial score (nSPS) is 21.6. The van der Waals surface area contributed by atoms with E-state index in [-0.39, 0.29) is 54.9 Å². The lowest BCUT2D eigenvalue weighted by Gasteiger charge is -2.42. The lowest BCUT2D eigenvalue weighted by molar-refractivity contribution is -0.154. The van der Waals surface area contributed by atoms with E-state index in [1.165, 1.54) is 11.3 Å². The van der Waals surface area contributed by atoms with Crippen LogP contribution in [0.2, 0.25) is 0 Å². The van der Waals surface area contributed by atoms with Gasteiger partial charge in [0.15, 0.2) is 5.01 Å². The number of hydrogen-bond donors (Lipinski definition) is 2. The summed E-state index contributed by atoms with van der Waals surface area (Å²) in [5.41, 5.74) is 9.09. The highest BCUT2D eigenvalue weighted by atomic mass is 32.1. The van der Waals surface area contributed by atoms with E-state index < -0.39 is 12.1 Å². The van der Waals surface area contributed by atoms with Crippen LogP contribution in [0.25, 0.3) is 0 Å². The first-order chi connectivity index (χ1) is 20.3. The number of aromatic nitrogens is 1. The highest BCUT2D eigenvalue weighted by Crippen LogP contribution is 2.33. The fraction of sp³-hybridized carbons (Fsp3) is 0.355. The molecule has 6 rings (SSSR count). The molecule has 4 heterocycles. The smallest absolute Gasteiger partial charge is 0.246 e. The van der Waals surface area contributed by atoms with Gasteiger partial charge in [-0.1, -0.05) is 42.5 Å². The van der Waals surface area contributed by atoms with Gasteiger partial charge in [0.25, 0.3) is 0 Å². The molecule has 0 aliphatic carbocycles. The van der Waals surface area contributed by atoms with Crippen LogP contribution in [0.4, 0.5) is 0 Å². The minimum atomic E-state index is -0.784. The van der Waals surface area contributed by atoms with E-state index >= 15 is 0 Å². The summed E-state index contributed by atoms with van der Waals surface area (Å²) < 4.78 is 0. The minimum Gasteiger partial charge on any atom is -0.384 e. The number of piperazine rings is 1. The third-order valence-electron chi connectivity index (χ3n) is 8.53. The van der Waals surface area contributed by atoms with Crippen LogP contribution in [0, 0.1) is 5.41 Å². The zero-order valence-corrected chi connectivity index (χ0v) is 23.9. The standard InChI is InChI=1S/C31H32N6O4S/c32-29(33)20-7-8-21-16-36(25(15-22(21)14-20)28(40)30-34-12-13-42-30)31(41)24-10-9-23-17-35(18-27(39)37(23)24)26(38)11-6-19-4-2-1-3-5-19/h1-5,7-8,12-14,23-25H,6,9-11,15-18H2,(H3,32,33)/t23-,24?,25?/m0/s1. The van der Waals surface area contributed by atoms with Crippen molar-refractivity contribution < 1.29 is 19.2 Å². The summed E-state index contributed by atoms with van der Waals surface area (Å²) >= 11 is 1.23. The first-order valence-electron chi connectivity index (χ1n) is 14.1. The van der Waals surface area contributed by atoms with Gasteiger partial charge >= 0.3 is 0 Å². The third kappa shape index (κ3) is 5.32. The second kappa shape index (κ2) is 11.5. The number of amidine groups is 1. The van der Waals surface area contributed by atoms with E-state index in [0.29, 0.717) is 42.8 Å². The van der Waals surface area contributed by atoms with Gasteiger partial charge in [0.2, 0.25) is 23.5 Å². The molecule has 3 N–H and O–H groups in total. The Morgan fingerprint density at radius 2 is 1.83 bits per heavy atom. The van der Waals surface area contributed by atoms with Gasteiger partial charge in [-0.3, -0.25) is 24.6 Å². The topological polar surface area (TPSA) is 141 Å². The molecule has 11 heteroatoms. The van der Waals surface area contributed by atoms with Crippen LogP contribution < -0.4 is 5.73 Å². The Hall–Kier alpha value is -4.38. The van der Waals surface area contributed by atoms with Gasteiger partial charge in [-0.2, -0.15) is 0 Å². The molecule has 3 amide bonds. The number of nitrogens with one attached hydrogen (secondary N) is 1. The molecule has 2 unspecified atom stereocenters. The zero-order chi connectivity index (χ0) is 29.4. The number of benzene rings is 2. The van der Waals surface area contributed by atoms with Gasteiger partial charge in [0.1, 0.15) is 17.9 Å². The monoisotopic (exact) mass is 584 g/mol. The molecule has 2 saturated heterocycles. The van der Waals surface area contributed by atoms with Crippen LogP contribution in [-0.2, 0) is 33.8 Å². The zero-order valence-electron chi connectivity index (χ0n) is 23.1. The lowest BCUT2D eigenvalue weighted by atomic mass is 9.89. The second-order valence-electron chi connectivity index (χ2n) is 11.1. The molecule has 42 heavy (non-hydrogen) atoms. The summed E-state index contributed by atoms with van der Waals surface area (Å²) in [6.07, 6.45) is 3.86. The molecule has 0 radical (unpaired) electrons. The number of fused-ring (bicyclic) bond motifs is 2. The van der Waals surface area contributed by atoms with Crippen molar-refractivity contribution in [1.82, 2.24) is 19.7 Å². The maximum Gasteiger partial charge on any atom is 0.246 e. The lowest BCUT2D eigenvalue weighted by Crippen LogP contribution is -2.61. The van der Waals surface area contributed by atoms with Crippen LogP contribution in [0.15, 0.2) is 60.1 Å². The van der Waals surface area contributed by atoms with Crippen molar-refractivity contribution in [2.24, 2.45) is 5.73 Å². The van der Waals surface area contributed by atoms with Crippen molar-refractivity contribution in [3.05, 3.63) is 87.4 Å². The SMILES string of the molecule is N=C(N)c1ccc2c(c1)CC(C(=O)c1nccs1)N(C(=O)C1CC[C@H]3CN(C(=O)CCc4ccccc4)CC(=O)N13)C2. The number of aryl methyl sites for hydroxylation is 1. The Morgan fingerprint density at radius 3 is 2.57 bits per heavy atom. The van der Waals surface area contributed by atoms with E-state index in [2.05, 4.69) is 4.98 Å². The molecule has 3 aliphatic heterocycles. The third-order valence-corrected chi connectivity index (χ3v) is 9.32. The molecule has 2 fully saturated rings. The van der Waals surface area contributed by atoms with Gasteiger partial charge < -0.3 is 20.4 Å². The first kappa shape index (κ1) is 27.8.